The van der Waals surface area contributed by atoms with Crippen LogP contribution >= 0.6 is 0 Å². The summed E-state index contributed by atoms with van der Waals surface area (Å²) < 4.78 is 0. The molecule has 0 spiro atoms. The molecule has 0 aromatic heterocycles. The molecule has 0 amide bonds. The van der Waals surface area contributed by atoms with Crippen molar-refractivity contribution in [2.24, 2.45) is 0 Å². The van der Waals surface area contributed by atoms with Gasteiger partial charge in [-0.3, -0.25) is 9.69 Å². The van der Waals surface area contributed by atoms with Crippen molar-refractivity contribution < 1.29 is 9.90 Å². The number of carboxylic acid groups (broad SMARTS) is 1. The minimum atomic E-state index is -0.816. The highest BCUT2D eigenvalue weighted by Gasteiger charge is 2.21. The maximum atomic E-state index is 11.1. The lowest BCUT2D eigenvalue weighted by Crippen LogP contribution is -2.27. The number of benzene rings is 1. The van der Waals surface area contributed by atoms with E-state index in [2.05, 4.69) is 0 Å². The fraction of sp³-hybridized carbons (Fsp3) is 0.417. The van der Waals surface area contributed by atoms with Crippen LogP contribution in [0.2, 0.25) is 0 Å². The third-order valence-electron chi connectivity index (χ3n) is 2.60. The molecular weight excluding hydrogens is 190 g/mol. The molecule has 1 N–H and O–H groups in total. The highest BCUT2D eigenvalue weighted by Crippen LogP contribution is 2.21. The Morgan fingerprint density at radius 1 is 1.27 bits per heavy atom. The average molecular weight is 207 g/mol. The zero-order chi connectivity index (χ0) is 11.6. The molecule has 1 aromatic carbocycles. The molecule has 0 radical (unpaired) electrons. The first-order valence-corrected chi connectivity index (χ1v) is 4.90. The fourth-order valence-electron chi connectivity index (χ4n) is 1.60. The van der Waals surface area contributed by atoms with E-state index in [0.717, 1.165) is 11.1 Å². The molecule has 3 heteroatoms. The Balaban J connectivity index is 3.12. The molecule has 0 fully saturated rings. The standard InChI is InChI=1S/C12H17NO2/c1-8-5-6-10(7-9(8)2)11(12(14)15)13(3)4/h5-7,11H,1-4H3,(H,14,15). The summed E-state index contributed by atoms with van der Waals surface area (Å²) in [6, 6.07) is 5.21. The van der Waals surface area contributed by atoms with Gasteiger partial charge in [0.2, 0.25) is 0 Å². The smallest absolute Gasteiger partial charge is 0.325 e. The minimum Gasteiger partial charge on any atom is -0.480 e. The first kappa shape index (κ1) is 11.7. The molecule has 1 aromatic rings. The molecule has 82 valence electrons. The predicted molar refractivity (Wildman–Crippen MR) is 60.0 cm³/mol. The Morgan fingerprint density at radius 3 is 2.27 bits per heavy atom. The van der Waals surface area contributed by atoms with E-state index in [1.807, 2.05) is 32.0 Å². The van der Waals surface area contributed by atoms with Gasteiger partial charge in [0.05, 0.1) is 0 Å². The van der Waals surface area contributed by atoms with Gasteiger partial charge >= 0.3 is 5.97 Å². The number of hydrogen-bond acceptors (Lipinski definition) is 2. The van der Waals surface area contributed by atoms with Gasteiger partial charge in [0, 0.05) is 0 Å². The molecule has 3 nitrogen and oxygen atoms in total. The Bertz CT molecular complexity index is 372. The lowest BCUT2D eigenvalue weighted by atomic mass is 10.0. The molecule has 0 aliphatic heterocycles. The number of likely N-dealkylation sites (N-methyl/N-ethyl adjacent to an activating group) is 1. The maximum absolute atomic E-state index is 11.1. The van der Waals surface area contributed by atoms with Crippen LogP contribution in [0.15, 0.2) is 18.2 Å². The quantitative estimate of drug-likeness (QED) is 0.824. The second-order valence-electron chi connectivity index (χ2n) is 4.05. The van der Waals surface area contributed by atoms with Gasteiger partial charge in [-0.25, -0.2) is 0 Å². The number of rotatable bonds is 3. The predicted octanol–water partition coefficient (Wildman–Crippen LogP) is 1.99. The lowest BCUT2D eigenvalue weighted by Gasteiger charge is -2.21. The number of carboxylic acids is 1. The molecular formula is C12H17NO2. The Hall–Kier alpha value is -1.35. The van der Waals surface area contributed by atoms with Crippen molar-refractivity contribution in [2.45, 2.75) is 19.9 Å². The van der Waals surface area contributed by atoms with Crippen molar-refractivity contribution in [1.82, 2.24) is 4.90 Å². The van der Waals surface area contributed by atoms with Crippen molar-refractivity contribution in [3.8, 4) is 0 Å². The highest BCUT2D eigenvalue weighted by atomic mass is 16.4. The van der Waals surface area contributed by atoms with Crippen molar-refractivity contribution in [3.63, 3.8) is 0 Å². The van der Waals surface area contributed by atoms with E-state index in [1.165, 1.54) is 5.56 Å². The first-order chi connectivity index (χ1) is 6.93. The van der Waals surface area contributed by atoms with Crippen LogP contribution in [0.3, 0.4) is 0 Å². The molecule has 0 aliphatic carbocycles. The summed E-state index contributed by atoms with van der Waals surface area (Å²) in [5, 5.41) is 9.12. The number of carbonyl (C=O) groups is 1. The molecule has 0 aliphatic rings. The molecule has 0 bridgehead atoms. The van der Waals surface area contributed by atoms with Gasteiger partial charge in [-0.15, -0.1) is 0 Å². The Labute approximate surface area is 90.3 Å². The summed E-state index contributed by atoms with van der Waals surface area (Å²) in [7, 11) is 3.54. The van der Waals surface area contributed by atoms with E-state index in [9.17, 15) is 4.79 Å². The van der Waals surface area contributed by atoms with Gasteiger partial charge in [-0.05, 0) is 44.6 Å². The summed E-state index contributed by atoms with van der Waals surface area (Å²) >= 11 is 0. The summed E-state index contributed by atoms with van der Waals surface area (Å²) in [4.78, 5) is 12.8. The van der Waals surface area contributed by atoms with Crippen LogP contribution in [0, 0.1) is 13.8 Å². The van der Waals surface area contributed by atoms with E-state index in [0.29, 0.717) is 0 Å². The number of hydrogen-bond donors (Lipinski definition) is 1. The molecule has 0 heterocycles. The second-order valence-corrected chi connectivity index (χ2v) is 4.05. The van der Waals surface area contributed by atoms with E-state index >= 15 is 0 Å². The molecule has 1 unspecified atom stereocenters. The Morgan fingerprint density at radius 2 is 1.87 bits per heavy atom. The zero-order valence-electron chi connectivity index (χ0n) is 9.61. The molecule has 15 heavy (non-hydrogen) atoms. The second kappa shape index (κ2) is 4.45. The third kappa shape index (κ3) is 2.57. The molecule has 1 atom stereocenters. The van der Waals surface area contributed by atoms with Gasteiger partial charge in [0.15, 0.2) is 0 Å². The van der Waals surface area contributed by atoms with Gasteiger partial charge in [-0.1, -0.05) is 18.2 Å². The van der Waals surface area contributed by atoms with E-state index in [-0.39, 0.29) is 0 Å². The maximum Gasteiger partial charge on any atom is 0.325 e. The SMILES string of the molecule is Cc1ccc(C(C(=O)O)N(C)C)cc1C. The van der Waals surface area contributed by atoms with Crippen molar-refractivity contribution in [2.75, 3.05) is 14.1 Å². The number of aliphatic carboxylic acids is 1. The monoisotopic (exact) mass is 207 g/mol. The summed E-state index contributed by atoms with van der Waals surface area (Å²) in [5.41, 5.74) is 3.14. The van der Waals surface area contributed by atoms with Gasteiger partial charge in [0.25, 0.3) is 0 Å². The first-order valence-electron chi connectivity index (χ1n) is 4.90. The minimum absolute atomic E-state index is 0.565. The van der Waals surface area contributed by atoms with Crippen LogP contribution in [0.1, 0.15) is 22.7 Å². The van der Waals surface area contributed by atoms with Crippen LogP contribution in [-0.4, -0.2) is 30.1 Å². The number of aryl methyl sites for hydroxylation is 2. The lowest BCUT2D eigenvalue weighted by molar-refractivity contribution is -0.142. The van der Waals surface area contributed by atoms with E-state index in [4.69, 9.17) is 5.11 Å². The van der Waals surface area contributed by atoms with Crippen LogP contribution in [-0.2, 0) is 4.79 Å². The summed E-state index contributed by atoms with van der Waals surface area (Å²) in [6.07, 6.45) is 0. The number of nitrogens with zero attached hydrogens (tertiary/aromatic N) is 1. The van der Waals surface area contributed by atoms with E-state index < -0.39 is 12.0 Å². The van der Waals surface area contributed by atoms with Gasteiger partial charge in [0.1, 0.15) is 6.04 Å². The highest BCUT2D eigenvalue weighted by molar-refractivity contribution is 5.75. The topological polar surface area (TPSA) is 40.5 Å². The fourth-order valence-corrected chi connectivity index (χ4v) is 1.60. The Kier molecular flexibility index (Phi) is 3.48. The largest absolute Gasteiger partial charge is 0.480 e. The third-order valence-corrected chi connectivity index (χ3v) is 2.60. The van der Waals surface area contributed by atoms with Crippen LogP contribution in [0.4, 0.5) is 0 Å². The normalized spacial score (nSPS) is 12.9. The van der Waals surface area contributed by atoms with Crippen molar-refractivity contribution in [1.29, 1.82) is 0 Å². The van der Waals surface area contributed by atoms with Crippen LogP contribution in [0.5, 0.6) is 0 Å². The average Bonchev–Trinajstić information content (AvgIpc) is 2.10. The molecule has 0 saturated heterocycles. The summed E-state index contributed by atoms with van der Waals surface area (Å²) in [5.74, 6) is -0.816. The van der Waals surface area contributed by atoms with Crippen LogP contribution in [0.25, 0.3) is 0 Å². The summed E-state index contributed by atoms with van der Waals surface area (Å²) in [6.45, 7) is 4.01. The molecule has 1 rings (SSSR count). The zero-order valence-corrected chi connectivity index (χ0v) is 9.61. The van der Waals surface area contributed by atoms with Gasteiger partial charge in [-0.2, -0.15) is 0 Å². The van der Waals surface area contributed by atoms with Crippen molar-refractivity contribution >= 4 is 5.97 Å². The molecule has 0 saturated carbocycles. The van der Waals surface area contributed by atoms with E-state index in [1.54, 1.807) is 19.0 Å². The van der Waals surface area contributed by atoms with Gasteiger partial charge < -0.3 is 5.11 Å². The van der Waals surface area contributed by atoms with Crippen LogP contribution < -0.4 is 0 Å². The van der Waals surface area contributed by atoms with Crippen molar-refractivity contribution in [3.05, 3.63) is 34.9 Å².